The van der Waals surface area contributed by atoms with E-state index in [2.05, 4.69) is 25.7 Å². The summed E-state index contributed by atoms with van der Waals surface area (Å²) in [5, 5.41) is 18.6. The van der Waals surface area contributed by atoms with Crippen molar-refractivity contribution in [1.82, 2.24) is 34.8 Å². The molecule has 0 aliphatic rings. The molecule has 0 spiro atoms. The van der Waals surface area contributed by atoms with Crippen molar-refractivity contribution in [3.63, 3.8) is 0 Å². The number of benzene rings is 2. The van der Waals surface area contributed by atoms with Crippen molar-refractivity contribution in [1.29, 1.82) is 0 Å². The molecule has 0 aliphatic heterocycles. The van der Waals surface area contributed by atoms with Gasteiger partial charge in [0.1, 0.15) is 11.4 Å². The smallest absolute Gasteiger partial charge is 0.419 e. The molecule has 5 N–H and O–H groups in total. The average molecular weight is 531 g/mol. The van der Waals surface area contributed by atoms with Crippen LogP contribution in [0.5, 0.6) is 0 Å². The van der Waals surface area contributed by atoms with Crippen LogP contribution in [0.2, 0.25) is 0 Å². The number of anilines is 1. The summed E-state index contributed by atoms with van der Waals surface area (Å²) in [4.78, 5) is 57.2. The number of oxazole rings is 1. The second-order valence-electron chi connectivity index (χ2n) is 8.74. The van der Waals surface area contributed by atoms with Crippen LogP contribution in [-0.4, -0.2) is 47.0 Å². The zero-order valence-corrected chi connectivity index (χ0v) is 20.7. The lowest BCUT2D eigenvalue weighted by Crippen LogP contribution is -2.30. The maximum absolute atomic E-state index is 13.2. The number of amides is 2. The molecule has 3 aromatic heterocycles. The van der Waals surface area contributed by atoms with E-state index < -0.39 is 29.6 Å². The van der Waals surface area contributed by atoms with Crippen LogP contribution in [0, 0.1) is 0 Å². The van der Waals surface area contributed by atoms with Crippen molar-refractivity contribution >= 4 is 40.6 Å². The topological polar surface area (TPSA) is 200 Å². The van der Waals surface area contributed by atoms with Gasteiger partial charge in [0.05, 0.1) is 17.1 Å². The van der Waals surface area contributed by atoms with E-state index in [0.717, 1.165) is 4.52 Å². The maximum Gasteiger partial charge on any atom is 0.419 e. The monoisotopic (exact) mass is 530 g/mol. The van der Waals surface area contributed by atoms with Crippen LogP contribution in [0.25, 0.3) is 16.9 Å². The van der Waals surface area contributed by atoms with Crippen LogP contribution < -0.4 is 22.1 Å². The molecule has 5 aromatic rings. The van der Waals surface area contributed by atoms with Crippen LogP contribution in [0.3, 0.4) is 0 Å². The molecule has 0 bridgehead atoms. The Labute approximate surface area is 219 Å². The molecule has 5 rings (SSSR count). The number of nitrogens with one attached hydrogen (secondary N) is 2. The highest BCUT2D eigenvalue weighted by Crippen LogP contribution is 2.17. The Morgan fingerprint density at radius 2 is 1.82 bits per heavy atom. The summed E-state index contributed by atoms with van der Waals surface area (Å²) in [6.07, 6.45) is 0. The molecule has 0 saturated carbocycles. The molecule has 0 saturated heterocycles. The minimum atomic E-state index is -1.06. The second kappa shape index (κ2) is 9.74. The quantitative estimate of drug-likeness (QED) is 0.237. The largest absolute Gasteiger partial charge is 0.478 e. The molecule has 3 heterocycles. The molecule has 198 valence electrons. The highest BCUT2D eigenvalue weighted by molar-refractivity contribution is 5.98. The first-order chi connectivity index (χ1) is 18.6. The third-order valence-corrected chi connectivity index (χ3v) is 6.11. The van der Waals surface area contributed by atoms with E-state index in [1.807, 2.05) is 0 Å². The van der Waals surface area contributed by atoms with Crippen molar-refractivity contribution in [3.8, 4) is 0 Å². The van der Waals surface area contributed by atoms with E-state index in [0.29, 0.717) is 22.2 Å². The average Bonchev–Trinajstić information content (AvgIpc) is 3.43. The van der Waals surface area contributed by atoms with Crippen molar-refractivity contribution < 1.29 is 23.9 Å². The van der Waals surface area contributed by atoms with Gasteiger partial charge in [0, 0.05) is 19.7 Å². The normalized spacial score (nSPS) is 11.9. The number of carbonyl (C=O) groups is 3. The Hall–Kier alpha value is -5.53. The third kappa shape index (κ3) is 4.90. The van der Waals surface area contributed by atoms with Crippen molar-refractivity contribution in [2.24, 2.45) is 7.05 Å². The van der Waals surface area contributed by atoms with Gasteiger partial charge in [0.2, 0.25) is 5.95 Å². The summed E-state index contributed by atoms with van der Waals surface area (Å²) < 4.78 is 7.61. The first-order valence-corrected chi connectivity index (χ1v) is 11.6. The lowest BCUT2D eigenvalue weighted by atomic mass is 10.1. The SMILES string of the molecule is C[C@H](NC(=O)c1cc(C(=O)NCc2ccc3oc(=O)n(C)c3c2)nc2nc(N)nn12)c1ccc(C(=O)O)cc1. The number of nitrogens with zero attached hydrogens (tertiary/aromatic N) is 5. The van der Waals surface area contributed by atoms with Crippen molar-refractivity contribution in [2.45, 2.75) is 19.5 Å². The summed E-state index contributed by atoms with van der Waals surface area (Å²) >= 11 is 0. The van der Waals surface area contributed by atoms with Gasteiger partial charge in [-0.25, -0.2) is 14.6 Å². The number of rotatable bonds is 7. The number of carboxylic acid groups (broad SMARTS) is 1. The highest BCUT2D eigenvalue weighted by Gasteiger charge is 2.21. The summed E-state index contributed by atoms with van der Waals surface area (Å²) in [5.74, 6) is -2.88. The fraction of sp³-hybridized carbons (Fsp3) is 0.160. The van der Waals surface area contributed by atoms with Crippen molar-refractivity contribution in [3.05, 3.63) is 87.2 Å². The molecule has 14 nitrogen and oxygen atoms in total. The predicted molar refractivity (Wildman–Crippen MR) is 137 cm³/mol. The number of nitrogen functional groups attached to an aromatic ring is 1. The summed E-state index contributed by atoms with van der Waals surface area (Å²) in [6, 6.07) is 11.9. The lowest BCUT2D eigenvalue weighted by Gasteiger charge is -2.15. The molecule has 1 atom stereocenters. The number of carboxylic acids is 1. The molecule has 2 amide bonds. The van der Waals surface area contributed by atoms with Gasteiger partial charge >= 0.3 is 11.7 Å². The number of hydrogen-bond donors (Lipinski definition) is 4. The van der Waals surface area contributed by atoms with E-state index in [1.54, 1.807) is 44.3 Å². The Kier molecular flexibility index (Phi) is 6.27. The second-order valence-corrected chi connectivity index (χ2v) is 8.74. The summed E-state index contributed by atoms with van der Waals surface area (Å²) in [5.41, 5.74) is 8.10. The standard InChI is InChI=1S/C25H22N8O6/c1-12(14-4-6-15(7-5-14)22(36)37)28-21(35)18-10-16(29-24-30-23(26)31-33(18)24)20(34)27-11-13-3-8-19-17(9-13)32(2)25(38)39-19/h3-10,12H,11H2,1-2H3,(H2,26,31)(H,27,34)(H,28,35)(H,36,37)/t12-/m0/s1. The molecular formula is C25H22N8O6. The number of hydrogen-bond acceptors (Lipinski definition) is 9. The Balaban J connectivity index is 1.37. The molecule has 0 radical (unpaired) electrons. The van der Waals surface area contributed by atoms with E-state index in [9.17, 15) is 19.2 Å². The van der Waals surface area contributed by atoms with E-state index >= 15 is 0 Å². The van der Waals surface area contributed by atoms with Gasteiger partial charge in [0.25, 0.3) is 17.6 Å². The maximum atomic E-state index is 13.2. The fourth-order valence-electron chi connectivity index (χ4n) is 3.99. The van der Waals surface area contributed by atoms with Crippen molar-refractivity contribution in [2.75, 3.05) is 5.73 Å². The van der Waals surface area contributed by atoms with Gasteiger partial charge in [-0.2, -0.15) is 9.50 Å². The van der Waals surface area contributed by atoms with Crippen LogP contribution in [0.1, 0.15) is 55.4 Å². The molecule has 0 unspecified atom stereocenters. The minimum Gasteiger partial charge on any atom is -0.478 e. The van der Waals surface area contributed by atoms with Crippen LogP contribution in [-0.2, 0) is 13.6 Å². The van der Waals surface area contributed by atoms with E-state index in [4.69, 9.17) is 15.3 Å². The molecule has 0 aliphatic carbocycles. The van der Waals surface area contributed by atoms with Gasteiger partial charge in [-0.1, -0.05) is 18.2 Å². The zero-order valence-electron chi connectivity index (χ0n) is 20.7. The molecular weight excluding hydrogens is 508 g/mol. The number of aryl methyl sites for hydroxylation is 1. The zero-order chi connectivity index (χ0) is 27.8. The van der Waals surface area contributed by atoms with Gasteiger partial charge < -0.3 is 25.9 Å². The van der Waals surface area contributed by atoms with Crippen LogP contribution in [0.15, 0.2) is 57.7 Å². The number of fused-ring (bicyclic) bond motifs is 2. The predicted octanol–water partition coefficient (Wildman–Crippen LogP) is 1.27. The summed E-state index contributed by atoms with van der Waals surface area (Å²) in [7, 11) is 1.58. The van der Waals surface area contributed by atoms with Gasteiger partial charge in [0.15, 0.2) is 5.58 Å². The Morgan fingerprint density at radius 1 is 1.08 bits per heavy atom. The molecule has 14 heteroatoms. The number of nitrogens with two attached hydrogens (primary N) is 1. The number of aromatic carboxylic acids is 1. The Bertz CT molecular complexity index is 1820. The highest BCUT2D eigenvalue weighted by atomic mass is 16.4. The third-order valence-electron chi connectivity index (χ3n) is 6.11. The first-order valence-electron chi connectivity index (χ1n) is 11.6. The molecule has 0 fully saturated rings. The minimum absolute atomic E-state index is 0.0295. The first kappa shape index (κ1) is 25.1. The number of carbonyl (C=O) groups excluding carboxylic acids is 2. The van der Waals surface area contributed by atoms with Gasteiger partial charge in [-0.05, 0) is 42.3 Å². The Morgan fingerprint density at radius 3 is 2.54 bits per heavy atom. The van der Waals surface area contributed by atoms with Crippen LogP contribution >= 0.6 is 0 Å². The van der Waals surface area contributed by atoms with Gasteiger partial charge in [-0.15, -0.1) is 5.10 Å². The van der Waals surface area contributed by atoms with Crippen LogP contribution in [0.4, 0.5) is 5.95 Å². The lowest BCUT2D eigenvalue weighted by molar-refractivity contribution is 0.0696. The van der Waals surface area contributed by atoms with E-state index in [-0.39, 0.29) is 35.2 Å². The van der Waals surface area contributed by atoms with E-state index in [1.165, 1.54) is 22.8 Å². The van der Waals surface area contributed by atoms with Gasteiger partial charge in [-0.3, -0.25) is 14.2 Å². The molecule has 39 heavy (non-hydrogen) atoms. The number of aromatic nitrogens is 5. The summed E-state index contributed by atoms with van der Waals surface area (Å²) in [6.45, 7) is 1.84. The fourth-order valence-corrected chi connectivity index (χ4v) is 3.99. The molecule has 2 aromatic carbocycles.